The number of fused-ring (bicyclic) bond motifs is 1. The summed E-state index contributed by atoms with van der Waals surface area (Å²) in [6.45, 7) is 2.57. The third-order valence-corrected chi connectivity index (χ3v) is 6.38. The molecule has 1 aromatic heterocycles. The molecule has 7 heteroatoms. The molecule has 2 aliphatic rings. The molecular formula is C21H29F3N2O2. The summed E-state index contributed by atoms with van der Waals surface area (Å²) < 4.78 is 38.2. The number of hydrogen-bond acceptors (Lipinski definition) is 3. The number of aromatic nitrogens is 1. The Bertz CT molecular complexity index is 677. The first-order valence-electron chi connectivity index (χ1n) is 10.3. The van der Waals surface area contributed by atoms with Gasteiger partial charge in [0.05, 0.1) is 11.2 Å². The number of nitrogens with zero attached hydrogens (tertiary/aromatic N) is 2. The number of pyridine rings is 1. The third kappa shape index (κ3) is 4.34. The Morgan fingerprint density at radius 3 is 2.68 bits per heavy atom. The van der Waals surface area contributed by atoms with E-state index in [0.717, 1.165) is 63.6 Å². The minimum Gasteiger partial charge on any atom is -0.389 e. The molecule has 156 valence electrons. The number of hydrogen-bond donors (Lipinski definition) is 1. The Hall–Kier alpha value is -1.63. The topological polar surface area (TPSA) is 53.4 Å². The highest BCUT2D eigenvalue weighted by molar-refractivity contribution is 5.94. The standard InChI is InChI=1S/C21H29F3N2O2/c1-2-3-6-11-20(28)12-13-26(17-8-5-4-7-16(17)20)19(27)15-9-10-18(25-14-15)21(22,23)24/h9-10,14,16-17,28H,2-8,11-13H2,1H3/t16-,17+,20+/m0/s1. The van der Waals surface area contributed by atoms with Crippen molar-refractivity contribution < 1.29 is 23.1 Å². The summed E-state index contributed by atoms with van der Waals surface area (Å²) in [5.74, 6) is -0.244. The Morgan fingerprint density at radius 2 is 2.04 bits per heavy atom. The summed E-state index contributed by atoms with van der Waals surface area (Å²) >= 11 is 0. The van der Waals surface area contributed by atoms with Crippen molar-refractivity contribution in [3.05, 3.63) is 29.6 Å². The molecule has 1 N–H and O–H groups in total. The SMILES string of the molecule is CCCCC[C@@]1(O)CCN(C(=O)c2ccc(C(F)(F)F)nc2)[C@@H]2CCCC[C@@H]21. The Morgan fingerprint density at radius 1 is 1.29 bits per heavy atom. The second-order valence-corrected chi connectivity index (χ2v) is 8.20. The number of aliphatic hydroxyl groups is 1. The van der Waals surface area contributed by atoms with Crippen LogP contribution in [0.2, 0.25) is 0 Å². The first-order valence-corrected chi connectivity index (χ1v) is 10.3. The number of halogens is 3. The van der Waals surface area contributed by atoms with Gasteiger partial charge in [-0.15, -0.1) is 0 Å². The van der Waals surface area contributed by atoms with Gasteiger partial charge in [0, 0.05) is 24.7 Å². The van der Waals surface area contributed by atoms with Gasteiger partial charge in [-0.25, -0.2) is 0 Å². The van der Waals surface area contributed by atoms with E-state index in [1.54, 1.807) is 4.90 Å². The number of likely N-dealkylation sites (tertiary alicyclic amines) is 1. The molecule has 1 saturated heterocycles. The number of amides is 1. The molecule has 0 unspecified atom stereocenters. The largest absolute Gasteiger partial charge is 0.433 e. The van der Waals surface area contributed by atoms with Crippen LogP contribution in [0.1, 0.15) is 80.8 Å². The van der Waals surface area contributed by atoms with Crippen LogP contribution in [0.3, 0.4) is 0 Å². The fourth-order valence-corrected chi connectivity index (χ4v) is 4.87. The predicted octanol–water partition coefficient (Wildman–Crippen LogP) is 4.82. The van der Waals surface area contributed by atoms with E-state index in [1.165, 1.54) is 6.07 Å². The molecule has 1 aliphatic carbocycles. The summed E-state index contributed by atoms with van der Waals surface area (Å²) in [7, 11) is 0. The monoisotopic (exact) mass is 398 g/mol. The Labute approximate surface area is 164 Å². The van der Waals surface area contributed by atoms with Crippen molar-refractivity contribution in [3.63, 3.8) is 0 Å². The maximum atomic E-state index is 13.0. The van der Waals surface area contributed by atoms with Crippen molar-refractivity contribution in [1.29, 1.82) is 0 Å². The highest BCUT2D eigenvalue weighted by atomic mass is 19.4. The van der Waals surface area contributed by atoms with E-state index in [1.807, 2.05) is 0 Å². The van der Waals surface area contributed by atoms with Gasteiger partial charge in [-0.2, -0.15) is 13.2 Å². The van der Waals surface area contributed by atoms with Crippen LogP contribution < -0.4 is 0 Å². The van der Waals surface area contributed by atoms with Gasteiger partial charge >= 0.3 is 6.18 Å². The van der Waals surface area contributed by atoms with E-state index >= 15 is 0 Å². The van der Waals surface area contributed by atoms with Gasteiger partial charge in [0.25, 0.3) is 5.91 Å². The molecule has 1 saturated carbocycles. The van der Waals surface area contributed by atoms with E-state index in [-0.39, 0.29) is 23.4 Å². The number of alkyl halides is 3. The first-order chi connectivity index (χ1) is 13.3. The molecule has 0 spiro atoms. The molecule has 3 rings (SSSR count). The summed E-state index contributed by atoms with van der Waals surface area (Å²) in [5, 5.41) is 11.3. The lowest BCUT2D eigenvalue weighted by Gasteiger charge is -2.52. The smallest absolute Gasteiger partial charge is 0.389 e. The van der Waals surface area contributed by atoms with Crippen LogP contribution in [0.25, 0.3) is 0 Å². The fraction of sp³-hybridized carbons (Fsp3) is 0.714. The number of carbonyl (C=O) groups is 1. The number of unbranched alkanes of at least 4 members (excludes halogenated alkanes) is 2. The second-order valence-electron chi connectivity index (χ2n) is 8.20. The second kappa shape index (κ2) is 8.39. The van der Waals surface area contributed by atoms with Crippen LogP contribution in [0.4, 0.5) is 13.2 Å². The molecule has 0 bridgehead atoms. The number of piperidine rings is 1. The predicted molar refractivity (Wildman–Crippen MR) is 99.7 cm³/mol. The maximum absolute atomic E-state index is 13.0. The zero-order chi connectivity index (χ0) is 20.4. The Balaban J connectivity index is 1.76. The lowest BCUT2D eigenvalue weighted by atomic mass is 9.67. The minimum absolute atomic E-state index is 0.0400. The lowest BCUT2D eigenvalue weighted by Crippen LogP contribution is -2.60. The van der Waals surface area contributed by atoms with Crippen molar-refractivity contribution in [2.75, 3.05) is 6.54 Å². The molecule has 1 amide bonds. The summed E-state index contributed by atoms with van der Waals surface area (Å²) in [5.41, 5.74) is -1.56. The van der Waals surface area contributed by atoms with Crippen LogP contribution in [-0.4, -0.2) is 39.1 Å². The quantitative estimate of drug-likeness (QED) is 0.724. The highest BCUT2D eigenvalue weighted by Crippen LogP contribution is 2.44. The molecule has 0 radical (unpaired) electrons. The van der Waals surface area contributed by atoms with Crippen molar-refractivity contribution in [1.82, 2.24) is 9.88 Å². The van der Waals surface area contributed by atoms with E-state index in [4.69, 9.17) is 0 Å². The van der Waals surface area contributed by atoms with Gasteiger partial charge < -0.3 is 10.0 Å². The molecule has 1 aliphatic heterocycles. The van der Waals surface area contributed by atoms with Gasteiger partial charge in [-0.05, 0) is 37.8 Å². The molecule has 1 aromatic rings. The van der Waals surface area contributed by atoms with E-state index in [0.29, 0.717) is 13.0 Å². The lowest BCUT2D eigenvalue weighted by molar-refractivity contribution is -0.141. The van der Waals surface area contributed by atoms with Crippen molar-refractivity contribution in [2.45, 2.75) is 82.5 Å². The molecule has 2 heterocycles. The van der Waals surface area contributed by atoms with E-state index < -0.39 is 17.5 Å². The summed E-state index contributed by atoms with van der Waals surface area (Å²) in [6, 6.07) is 2.01. The van der Waals surface area contributed by atoms with Gasteiger partial charge in [0.1, 0.15) is 5.69 Å². The average molecular weight is 398 g/mol. The molecule has 28 heavy (non-hydrogen) atoms. The highest BCUT2D eigenvalue weighted by Gasteiger charge is 2.49. The van der Waals surface area contributed by atoms with Gasteiger partial charge in [0.15, 0.2) is 0 Å². The number of carbonyl (C=O) groups excluding carboxylic acids is 1. The van der Waals surface area contributed by atoms with Crippen LogP contribution in [0.15, 0.2) is 18.3 Å². The van der Waals surface area contributed by atoms with Crippen LogP contribution in [0, 0.1) is 5.92 Å². The molecule has 3 atom stereocenters. The van der Waals surface area contributed by atoms with Crippen molar-refractivity contribution >= 4 is 5.91 Å². The van der Waals surface area contributed by atoms with Crippen LogP contribution in [0.5, 0.6) is 0 Å². The zero-order valence-electron chi connectivity index (χ0n) is 16.3. The summed E-state index contributed by atoms with van der Waals surface area (Å²) in [6.07, 6.45) is 4.71. The van der Waals surface area contributed by atoms with Crippen LogP contribution >= 0.6 is 0 Å². The third-order valence-electron chi connectivity index (χ3n) is 6.38. The fourth-order valence-electron chi connectivity index (χ4n) is 4.87. The van der Waals surface area contributed by atoms with E-state index in [9.17, 15) is 23.1 Å². The number of rotatable bonds is 5. The molecule has 0 aromatic carbocycles. The van der Waals surface area contributed by atoms with Crippen molar-refractivity contribution in [3.8, 4) is 0 Å². The van der Waals surface area contributed by atoms with E-state index in [2.05, 4.69) is 11.9 Å². The maximum Gasteiger partial charge on any atom is 0.433 e. The summed E-state index contributed by atoms with van der Waals surface area (Å²) in [4.78, 5) is 18.2. The zero-order valence-corrected chi connectivity index (χ0v) is 16.3. The normalized spacial score (nSPS) is 28.1. The molecular weight excluding hydrogens is 369 g/mol. The van der Waals surface area contributed by atoms with Gasteiger partial charge in [-0.1, -0.05) is 39.0 Å². The Kier molecular flexibility index (Phi) is 6.32. The van der Waals surface area contributed by atoms with Crippen molar-refractivity contribution in [2.24, 2.45) is 5.92 Å². The molecule has 2 fully saturated rings. The minimum atomic E-state index is -4.52. The molecule has 4 nitrogen and oxygen atoms in total. The average Bonchev–Trinajstić information content (AvgIpc) is 2.68. The van der Waals surface area contributed by atoms with Gasteiger partial charge in [0.2, 0.25) is 0 Å². The first kappa shape index (κ1) is 21.1. The van der Waals surface area contributed by atoms with Crippen LogP contribution in [-0.2, 0) is 6.18 Å². The van der Waals surface area contributed by atoms with Gasteiger partial charge in [-0.3, -0.25) is 9.78 Å².